The van der Waals surface area contributed by atoms with E-state index in [1.165, 1.54) is 12.8 Å². The van der Waals surface area contributed by atoms with Crippen LogP contribution in [0.2, 0.25) is 0 Å². The molecule has 0 amide bonds. The van der Waals surface area contributed by atoms with Crippen molar-refractivity contribution in [3.8, 4) is 0 Å². The standard InChI is InChI=1S/C11H24IN/c1-6-7-9(8(2)3)10(13)11(4,5)12/h8-10H,6-7,13H2,1-5H3. The van der Waals surface area contributed by atoms with E-state index in [1.54, 1.807) is 0 Å². The highest BCUT2D eigenvalue weighted by Crippen LogP contribution is 2.31. The number of rotatable bonds is 5. The van der Waals surface area contributed by atoms with Crippen molar-refractivity contribution in [1.82, 2.24) is 0 Å². The van der Waals surface area contributed by atoms with Crippen molar-refractivity contribution in [2.45, 2.75) is 56.9 Å². The van der Waals surface area contributed by atoms with Gasteiger partial charge in [0.15, 0.2) is 0 Å². The summed E-state index contributed by atoms with van der Waals surface area (Å²) in [5.74, 6) is 1.36. The molecule has 0 aromatic carbocycles. The summed E-state index contributed by atoms with van der Waals surface area (Å²) in [5.41, 5.74) is 6.27. The first-order valence-corrected chi connectivity index (χ1v) is 6.33. The number of hydrogen-bond acceptors (Lipinski definition) is 1. The van der Waals surface area contributed by atoms with Crippen molar-refractivity contribution >= 4 is 22.6 Å². The van der Waals surface area contributed by atoms with E-state index in [2.05, 4.69) is 57.2 Å². The molecular weight excluding hydrogens is 273 g/mol. The van der Waals surface area contributed by atoms with Crippen molar-refractivity contribution in [3.05, 3.63) is 0 Å². The number of nitrogens with two attached hydrogens (primary N) is 1. The fraction of sp³-hybridized carbons (Fsp3) is 1.00. The second-order valence-corrected chi connectivity index (χ2v) is 7.57. The molecule has 0 radical (unpaired) electrons. The Morgan fingerprint density at radius 1 is 1.31 bits per heavy atom. The SMILES string of the molecule is CCCC(C(C)C)C(N)C(C)(C)I. The van der Waals surface area contributed by atoms with E-state index >= 15 is 0 Å². The summed E-state index contributed by atoms with van der Waals surface area (Å²) < 4.78 is 0.210. The van der Waals surface area contributed by atoms with Crippen LogP contribution in [-0.4, -0.2) is 9.46 Å². The fourth-order valence-electron chi connectivity index (χ4n) is 1.77. The minimum atomic E-state index is 0.210. The van der Waals surface area contributed by atoms with Gasteiger partial charge in [-0.1, -0.05) is 49.8 Å². The topological polar surface area (TPSA) is 26.0 Å². The zero-order valence-corrected chi connectivity index (χ0v) is 11.8. The molecule has 2 atom stereocenters. The zero-order valence-electron chi connectivity index (χ0n) is 9.60. The van der Waals surface area contributed by atoms with Crippen LogP contribution in [0.3, 0.4) is 0 Å². The molecular formula is C11H24IN. The van der Waals surface area contributed by atoms with Crippen LogP contribution < -0.4 is 5.73 Å². The third-order valence-corrected chi connectivity index (χ3v) is 3.45. The van der Waals surface area contributed by atoms with Gasteiger partial charge in [-0.3, -0.25) is 0 Å². The quantitative estimate of drug-likeness (QED) is 0.609. The maximum atomic E-state index is 6.27. The lowest BCUT2D eigenvalue weighted by Crippen LogP contribution is -2.46. The van der Waals surface area contributed by atoms with Crippen molar-refractivity contribution in [2.75, 3.05) is 0 Å². The third-order valence-electron chi connectivity index (χ3n) is 2.73. The average molecular weight is 297 g/mol. The summed E-state index contributed by atoms with van der Waals surface area (Å²) in [6.07, 6.45) is 2.49. The summed E-state index contributed by atoms with van der Waals surface area (Å²) in [6, 6.07) is 0.313. The first-order chi connectivity index (χ1) is 5.80. The third kappa shape index (κ3) is 4.63. The Morgan fingerprint density at radius 2 is 1.77 bits per heavy atom. The van der Waals surface area contributed by atoms with Crippen LogP contribution in [0.15, 0.2) is 0 Å². The van der Waals surface area contributed by atoms with E-state index < -0.39 is 0 Å². The first-order valence-electron chi connectivity index (χ1n) is 5.25. The molecule has 0 aromatic rings. The Bertz CT molecular complexity index is 138. The van der Waals surface area contributed by atoms with Gasteiger partial charge in [-0.15, -0.1) is 0 Å². The smallest absolute Gasteiger partial charge is 0.0319 e. The Labute approximate surface area is 97.0 Å². The molecule has 0 fully saturated rings. The van der Waals surface area contributed by atoms with Crippen LogP contribution in [0, 0.1) is 11.8 Å². The van der Waals surface area contributed by atoms with Crippen LogP contribution in [0.25, 0.3) is 0 Å². The van der Waals surface area contributed by atoms with Crippen LogP contribution in [0.4, 0.5) is 0 Å². The van der Waals surface area contributed by atoms with Gasteiger partial charge in [0.05, 0.1) is 0 Å². The Hall–Kier alpha value is 0.690. The minimum absolute atomic E-state index is 0.210. The maximum absolute atomic E-state index is 6.27. The van der Waals surface area contributed by atoms with E-state index in [1.807, 2.05) is 0 Å². The normalized spacial score (nSPS) is 17.5. The fourth-order valence-corrected chi connectivity index (χ4v) is 2.23. The Morgan fingerprint density at radius 3 is 2.00 bits per heavy atom. The van der Waals surface area contributed by atoms with Gasteiger partial charge in [0.1, 0.15) is 0 Å². The van der Waals surface area contributed by atoms with E-state index in [4.69, 9.17) is 5.73 Å². The molecule has 0 bridgehead atoms. The van der Waals surface area contributed by atoms with E-state index in [-0.39, 0.29) is 3.42 Å². The molecule has 0 heterocycles. The van der Waals surface area contributed by atoms with Gasteiger partial charge in [0, 0.05) is 9.46 Å². The predicted octanol–water partition coefficient (Wildman–Crippen LogP) is 3.60. The summed E-state index contributed by atoms with van der Waals surface area (Å²) in [6.45, 7) is 11.2. The van der Waals surface area contributed by atoms with Crippen LogP contribution in [0.1, 0.15) is 47.5 Å². The highest BCUT2D eigenvalue weighted by Gasteiger charge is 2.31. The van der Waals surface area contributed by atoms with Gasteiger partial charge in [-0.2, -0.15) is 0 Å². The van der Waals surface area contributed by atoms with Crippen LogP contribution >= 0.6 is 22.6 Å². The highest BCUT2D eigenvalue weighted by atomic mass is 127. The lowest BCUT2D eigenvalue weighted by molar-refractivity contribution is 0.271. The molecule has 0 saturated carbocycles. The molecule has 2 heteroatoms. The second kappa shape index (κ2) is 5.54. The summed E-state index contributed by atoms with van der Waals surface area (Å²) in [4.78, 5) is 0. The van der Waals surface area contributed by atoms with Gasteiger partial charge in [-0.05, 0) is 32.1 Å². The molecule has 0 aliphatic heterocycles. The van der Waals surface area contributed by atoms with Gasteiger partial charge in [-0.25, -0.2) is 0 Å². The van der Waals surface area contributed by atoms with Crippen molar-refractivity contribution < 1.29 is 0 Å². The molecule has 0 aliphatic rings. The van der Waals surface area contributed by atoms with E-state index in [0.29, 0.717) is 17.9 Å². The molecule has 13 heavy (non-hydrogen) atoms. The number of alkyl halides is 1. The Balaban J connectivity index is 4.36. The zero-order chi connectivity index (χ0) is 10.6. The van der Waals surface area contributed by atoms with Crippen molar-refractivity contribution in [1.29, 1.82) is 0 Å². The first kappa shape index (κ1) is 13.7. The molecule has 0 saturated heterocycles. The van der Waals surface area contributed by atoms with Crippen molar-refractivity contribution in [3.63, 3.8) is 0 Å². The van der Waals surface area contributed by atoms with E-state index in [9.17, 15) is 0 Å². The monoisotopic (exact) mass is 297 g/mol. The summed E-state index contributed by atoms with van der Waals surface area (Å²) in [5, 5.41) is 0. The summed E-state index contributed by atoms with van der Waals surface area (Å²) in [7, 11) is 0. The number of hydrogen-bond donors (Lipinski definition) is 1. The molecule has 0 aliphatic carbocycles. The lowest BCUT2D eigenvalue weighted by atomic mass is 9.80. The molecule has 0 aromatic heterocycles. The van der Waals surface area contributed by atoms with Gasteiger partial charge in [0.2, 0.25) is 0 Å². The van der Waals surface area contributed by atoms with E-state index in [0.717, 1.165) is 0 Å². The maximum Gasteiger partial charge on any atom is 0.0319 e. The molecule has 80 valence electrons. The van der Waals surface area contributed by atoms with Crippen LogP contribution in [-0.2, 0) is 0 Å². The second-order valence-electron chi connectivity index (χ2n) is 4.79. The largest absolute Gasteiger partial charge is 0.326 e. The predicted molar refractivity (Wildman–Crippen MR) is 69.3 cm³/mol. The highest BCUT2D eigenvalue weighted by molar-refractivity contribution is 14.1. The van der Waals surface area contributed by atoms with Crippen molar-refractivity contribution in [2.24, 2.45) is 17.6 Å². The molecule has 2 N–H and O–H groups in total. The van der Waals surface area contributed by atoms with Gasteiger partial charge in [0.25, 0.3) is 0 Å². The summed E-state index contributed by atoms with van der Waals surface area (Å²) >= 11 is 2.47. The lowest BCUT2D eigenvalue weighted by Gasteiger charge is -2.35. The average Bonchev–Trinajstić information content (AvgIpc) is 1.96. The molecule has 2 unspecified atom stereocenters. The number of halogens is 1. The minimum Gasteiger partial charge on any atom is -0.326 e. The molecule has 0 spiro atoms. The van der Waals surface area contributed by atoms with Gasteiger partial charge >= 0.3 is 0 Å². The van der Waals surface area contributed by atoms with Gasteiger partial charge < -0.3 is 5.73 Å². The molecule has 0 rings (SSSR count). The van der Waals surface area contributed by atoms with Crippen LogP contribution in [0.5, 0.6) is 0 Å². The Kier molecular flexibility index (Phi) is 5.84. The molecule has 1 nitrogen and oxygen atoms in total.